The van der Waals surface area contributed by atoms with Crippen LogP contribution in [-0.2, 0) is 0 Å². The average molecular weight is 269 g/mol. The lowest BCUT2D eigenvalue weighted by Crippen LogP contribution is -2.28. The first kappa shape index (κ1) is 13.8. The third kappa shape index (κ3) is 3.95. The Labute approximate surface area is 113 Å². The van der Waals surface area contributed by atoms with Gasteiger partial charge in [-0.2, -0.15) is 0 Å². The lowest BCUT2D eigenvalue weighted by Gasteiger charge is -2.14. The zero-order valence-electron chi connectivity index (χ0n) is 11.3. The van der Waals surface area contributed by atoms with Crippen molar-refractivity contribution in [2.45, 2.75) is 63.2 Å². The Balaban J connectivity index is 1.66. The number of nitrogens with one attached hydrogen (secondary N) is 1. The Morgan fingerprint density at radius 1 is 1.44 bits per heavy atom. The summed E-state index contributed by atoms with van der Waals surface area (Å²) in [6.45, 7) is 5.47. The number of hydrogen-bond donors (Lipinski definition) is 1. The van der Waals surface area contributed by atoms with E-state index >= 15 is 0 Å². The Hall–Kier alpha value is -0.620. The van der Waals surface area contributed by atoms with E-state index in [1.165, 1.54) is 32.1 Å². The van der Waals surface area contributed by atoms with E-state index in [0.29, 0.717) is 12.1 Å². The van der Waals surface area contributed by atoms with Crippen molar-refractivity contribution in [3.8, 4) is 0 Å². The van der Waals surface area contributed by atoms with Gasteiger partial charge in [-0.15, -0.1) is 5.10 Å². The Bertz CT molecular complexity index is 350. The third-order valence-corrected chi connectivity index (χ3v) is 4.29. The molecule has 1 aliphatic rings. The van der Waals surface area contributed by atoms with Crippen molar-refractivity contribution in [2.75, 3.05) is 12.3 Å². The molecule has 0 amide bonds. The van der Waals surface area contributed by atoms with E-state index in [2.05, 4.69) is 34.7 Å². The van der Waals surface area contributed by atoms with E-state index in [-0.39, 0.29) is 0 Å². The molecule has 0 spiro atoms. The molecule has 6 heteroatoms. The van der Waals surface area contributed by atoms with Crippen molar-refractivity contribution in [1.82, 2.24) is 25.5 Å². The lowest BCUT2D eigenvalue weighted by molar-refractivity contribution is 0.477. The van der Waals surface area contributed by atoms with E-state index in [1.807, 2.05) is 4.68 Å². The molecule has 1 aromatic rings. The summed E-state index contributed by atoms with van der Waals surface area (Å²) in [7, 11) is 0. The van der Waals surface area contributed by atoms with E-state index < -0.39 is 0 Å². The molecular weight excluding hydrogens is 246 g/mol. The molecule has 102 valence electrons. The number of tetrazole rings is 1. The summed E-state index contributed by atoms with van der Waals surface area (Å²) in [4.78, 5) is 0. The number of nitrogens with zero attached hydrogens (tertiary/aromatic N) is 4. The molecule has 5 nitrogen and oxygen atoms in total. The zero-order valence-corrected chi connectivity index (χ0v) is 12.1. The van der Waals surface area contributed by atoms with Gasteiger partial charge in [-0.3, -0.25) is 0 Å². The fraction of sp³-hybridized carbons (Fsp3) is 0.917. The zero-order chi connectivity index (χ0) is 12.8. The Kier molecular flexibility index (Phi) is 5.44. The van der Waals surface area contributed by atoms with E-state index in [4.69, 9.17) is 0 Å². The molecule has 2 rings (SSSR count). The summed E-state index contributed by atoms with van der Waals surface area (Å²) in [5.74, 6) is 1.11. The summed E-state index contributed by atoms with van der Waals surface area (Å²) in [5, 5.41) is 16.4. The first-order valence-corrected chi connectivity index (χ1v) is 7.97. The van der Waals surface area contributed by atoms with Crippen LogP contribution in [0.1, 0.15) is 52.0 Å². The van der Waals surface area contributed by atoms with Gasteiger partial charge in [-0.25, -0.2) is 4.68 Å². The largest absolute Gasteiger partial charge is 0.314 e. The molecule has 18 heavy (non-hydrogen) atoms. The minimum absolute atomic E-state index is 0.577. The third-order valence-electron chi connectivity index (χ3n) is 3.27. The number of aromatic nitrogens is 4. The van der Waals surface area contributed by atoms with Gasteiger partial charge in [0.25, 0.3) is 0 Å². The lowest BCUT2D eigenvalue weighted by atomic mass is 10.1. The van der Waals surface area contributed by atoms with Gasteiger partial charge in [0, 0.05) is 11.8 Å². The van der Waals surface area contributed by atoms with Crippen LogP contribution in [0.3, 0.4) is 0 Å². The van der Waals surface area contributed by atoms with Crippen LogP contribution in [0.25, 0.3) is 0 Å². The molecule has 1 aliphatic carbocycles. The Morgan fingerprint density at radius 3 is 2.94 bits per heavy atom. The van der Waals surface area contributed by atoms with Gasteiger partial charge in [-0.05, 0) is 49.1 Å². The van der Waals surface area contributed by atoms with Crippen molar-refractivity contribution in [3.63, 3.8) is 0 Å². The maximum atomic E-state index is 4.10. The van der Waals surface area contributed by atoms with E-state index in [0.717, 1.165) is 17.5 Å². The second-order valence-corrected chi connectivity index (χ2v) is 5.85. The van der Waals surface area contributed by atoms with Crippen molar-refractivity contribution in [2.24, 2.45) is 0 Å². The molecule has 0 saturated heterocycles. The van der Waals surface area contributed by atoms with Gasteiger partial charge in [0.2, 0.25) is 5.16 Å². The van der Waals surface area contributed by atoms with Gasteiger partial charge in [0.15, 0.2) is 0 Å². The molecule has 1 aromatic heterocycles. The summed E-state index contributed by atoms with van der Waals surface area (Å²) in [6.07, 6.45) is 6.13. The fourth-order valence-electron chi connectivity index (χ4n) is 2.06. The standard InChI is InChI=1S/C12H23N5S/c1-3-10(13-4-2)6-5-9-18-12-14-15-16-17(12)11-7-8-11/h10-11,13H,3-9H2,1-2H3. The van der Waals surface area contributed by atoms with Crippen LogP contribution in [-0.4, -0.2) is 38.5 Å². The van der Waals surface area contributed by atoms with E-state index in [1.54, 1.807) is 11.8 Å². The first-order valence-electron chi connectivity index (χ1n) is 6.99. The van der Waals surface area contributed by atoms with Crippen LogP contribution in [0.2, 0.25) is 0 Å². The van der Waals surface area contributed by atoms with Crippen molar-refractivity contribution < 1.29 is 0 Å². The minimum atomic E-state index is 0.577. The molecule has 0 bridgehead atoms. The second-order valence-electron chi connectivity index (χ2n) is 4.79. The monoisotopic (exact) mass is 269 g/mol. The number of hydrogen-bond acceptors (Lipinski definition) is 5. The van der Waals surface area contributed by atoms with Gasteiger partial charge < -0.3 is 5.32 Å². The van der Waals surface area contributed by atoms with Crippen LogP contribution < -0.4 is 5.32 Å². The highest BCUT2D eigenvalue weighted by Crippen LogP contribution is 2.36. The minimum Gasteiger partial charge on any atom is -0.314 e. The highest BCUT2D eigenvalue weighted by Gasteiger charge is 2.27. The summed E-state index contributed by atoms with van der Waals surface area (Å²) in [6, 6.07) is 1.24. The molecule has 1 heterocycles. The molecule has 1 atom stereocenters. The van der Waals surface area contributed by atoms with Crippen LogP contribution >= 0.6 is 11.8 Å². The predicted molar refractivity (Wildman–Crippen MR) is 73.8 cm³/mol. The maximum absolute atomic E-state index is 4.10. The average Bonchev–Trinajstić information content (AvgIpc) is 3.13. The van der Waals surface area contributed by atoms with Gasteiger partial charge in [0.05, 0.1) is 6.04 Å². The predicted octanol–water partition coefficient (Wildman–Crippen LogP) is 2.27. The maximum Gasteiger partial charge on any atom is 0.209 e. The quantitative estimate of drug-likeness (QED) is 0.550. The molecule has 1 N–H and O–H groups in total. The highest BCUT2D eigenvalue weighted by atomic mass is 32.2. The van der Waals surface area contributed by atoms with Crippen LogP contribution in [0.5, 0.6) is 0 Å². The summed E-state index contributed by atoms with van der Waals surface area (Å²) in [5.41, 5.74) is 0. The van der Waals surface area contributed by atoms with Crippen molar-refractivity contribution in [1.29, 1.82) is 0 Å². The van der Waals surface area contributed by atoms with Crippen molar-refractivity contribution >= 4 is 11.8 Å². The van der Waals surface area contributed by atoms with Crippen molar-refractivity contribution in [3.05, 3.63) is 0 Å². The number of thioether (sulfide) groups is 1. The molecule has 1 unspecified atom stereocenters. The second kappa shape index (κ2) is 7.09. The van der Waals surface area contributed by atoms with Gasteiger partial charge in [-0.1, -0.05) is 25.6 Å². The normalized spacial score (nSPS) is 17.0. The molecule has 1 saturated carbocycles. The van der Waals surface area contributed by atoms with Crippen LogP contribution in [0.15, 0.2) is 5.16 Å². The van der Waals surface area contributed by atoms with Crippen LogP contribution in [0.4, 0.5) is 0 Å². The number of rotatable bonds is 9. The van der Waals surface area contributed by atoms with Gasteiger partial charge in [0.1, 0.15) is 0 Å². The topological polar surface area (TPSA) is 55.6 Å². The fourth-order valence-corrected chi connectivity index (χ4v) is 2.97. The summed E-state index contributed by atoms with van der Waals surface area (Å²) >= 11 is 1.79. The van der Waals surface area contributed by atoms with Crippen LogP contribution in [0, 0.1) is 0 Å². The molecule has 0 aliphatic heterocycles. The molecule has 0 aromatic carbocycles. The SMILES string of the molecule is CCNC(CC)CCCSc1nnnn1C1CC1. The Morgan fingerprint density at radius 2 is 2.28 bits per heavy atom. The molecular formula is C12H23N5S. The smallest absolute Gasteiger partial charge is 0.209 e. The first-order chi connectivity index (χ1) is 8.85. The molecule has 1 fully saturated rings. The summed E-state index contributed by atoms with van der Waals surface area (Å²) < 4.78 is 1.99. The van der Waals surface area contributed by atoms with E-state index in [9.17, 15) is 0 Å². The molecule has 0 radical (unpaired) electrons. The van der Waals surface area contributed by atoms with Gasteiger partial charge >= 0.3 is 0 Å². The highest BCUT2D eigenvalue weighted by molar-refractivity contribution is 7.99.